The summed E-state index contributed by atoms with van der Waals surface area (Å²) in [6, 6.07) is 16.3. The van der Waals surface area contributed by atoms with Gasteiger partial charge in [0.05, 0.1) is 11.3 Å². The molecule has 3 N–H and O–H groups in total. The molecular weight excluding hydrogens is 420 g/mol. The number of aliphatic carboxylic acids is 1. The van der Waals surface area contributed by atoms with E-state index in [0.29, 0.717) is 6.42 Å². The maximum atomic E-state index is 12.7. The number of carboxylic acids is 1. The first-order valence-electron chi connectivity index (χ1n) is 11.5. The molecule has 33 heavy (non-hydrogen) atoms. The third-order valence-corrected chi connectivity index (χ3v) is 7.52. The number of benzene rings is 2. The van der Waals surface area contributed by atoms with Crippen LogP contribution in [0.25, 0.3) is 11.1 Å². The Labute approximate surface area is 192 Å². The van der Waals surface area contributed by atoms with Crippen LogP contribution in [0.2, 0.25) is 0 Å². The Morgan fingerprint density at radius 3 is 2.33 bits per heavy atom. The fourth-order valence-corrected chi connectivity index (χ4v) is 5.60. The molecule has 7 heteroatoms. The van der Waals surface area contributed by atoms with Gasteiger partial charge in [-0.05, 0) is 47.4 Å². The van der Waals surface area contributed by atoms with Gasteiger partial charge in [-0.3, -0.25) is 9.59 Å². The summed E-state index contributed by atoms with van der Waals surface area (Å²) in [4.78, 5) is 36.2. The average Bonchev–Trinajstić information content (AvgIpc) is 3.24. The fourth-order valence-electron chi connectivity index (χ4n) is 5.60. The van der Waals surface area contributed by atoms with E-state index in [2.05, 4.69) is 34.9 Å². The zero-order valence-electron chi connectivity index (χ0n) is 18.5. The molecule has 0 aromatic heterocycles. The van der Waals surface area contributed by atoms with Gasteiger partial charge >= 0.3 is 12.1 Å². The number of rotatable bonds is 7. The van der Waals surface area contributed by atoms with Crippen LogP contribution in [-0.4, -0.2) is 42.3 Å². The lowest BCUT2D eigenvalue weighted by Gasteiger charge is -2.19. The first-order chi connectivity index (χ1) is 15.9. The van der Waals surface area contributed by atoms with Crippen molar-refractivity contribution in [3.05, 3.63) is 59.7 Å². The number of hydrogen-bond acceptors (Lipinski definition) is 4. The molecule has 3 aliphatic carbocycles. The van der Waals surface area contributed by atoms with E-state index in [9.17, 15) is 14.4 Å². The summed E-state index contributed by atoms with van der Waals surface area (Å²) >= 11 is 0. The molecule has 2 saturated carbocycles. The van der Waals surface area contributed by atoms with Crippen molar-refractivity contribution in [2.75, 3.05) is 13.2 Å². The minimum atomic E-state index is -0.929. The molecule has 3 aliphatic rings. The van der Waals surface area contributed by atoms with E-state index in [4.69, 9.17) is 9.84 Å². The van der Waals surface area contributed by atoms with Gasteiger partial charge in [-0.2, -0.15) is 0 Å². The molecule has 1 unspecified atom stereocenters. The number of ether oxygens (including phenoxy) is 1. The summed E-state index contributed by atoms with van der Waals surface area (Å²) < 4.78 is 5.63. The smallest absolute Gasteiger partial charge is 0.407 e. The number of carbonyl (C=O) groups excluding carboxylic acids is 2. The quantitative estimate of drug-likeness (QED) is 0.601. The van der Waals surface area contributed by atoms with E-state index in [1.165, 1.54) is 22.3 Å². The predicted octanol–water partition coefficient (Wildman–Crippen LogP) is 3.53. The first kappa shape index (κ1) is 21.5. The van der Waals surface area contributed by atoms with Crippen molar-refractivity contribution in [1.82, 2.24) is 10.6 Å². The van der Waals surface area contributed by atoms with E-state index in [1.807, 2.05) is 24.3 Å². The van der Waals surface area contributed by atoms with Gasteiger partial charge in [0.25, 0.3) is 0 Å². The van der Waals surface area contributed by atoms with Crippen molar-refractivity contribution in [3.8, 4) is 11.1 Å². The van der Waals surface area contributed by atoms with Crippen LogP contribution in [0.1, 0.15) is 43.2 Å². The maximum absolute atomic E-state index is 12.7. The van der Waals surface area contributed by atoms with E-state index in [1.54, 1.807) is 6.92 Å². The molecule has 0 spiro atoms. The molecule has 7 nitrogen and oxygen atoms in total. The van der Waals surface area contributed by atoms with E-state index >= 15 is 0 Å². The lowest BCUT2D eigenvalue weighted by atomic mass is 9.98. The lowest BCUT2D eigenvalue weighted by Crippen LogP contribution is -2.39. The largest absolute Gasteiger partial charge is 0.481 e. The minimum absolute atomic E-state index is 0.00785. The Bertz CT molecular complexity index is 1070. The molecule has 2 aromatic carbocycles. The molecule has 0 aliphatic heterocycles. The second-order valence-corrected chi connectivity index (χ2v) is 9.61. The number of carbonyl (C=O) groups is 3. The highest BCUT2D eigenvalue weighted by Gasteiger charge is 2.65. The van der Waals surface area contributed by atoms with Crippen molar-refractivity contribution in [2.45, 2.75) is 38.1 Å². The van der Waals surface area contributed by atoms with Gasteiger partial charge < -0.3 is 20.5 Å². The number of nitrogens with one attached hydrogen (secondary N) is 2. The minimum Gasteiger partial charge on any atom is -0.481 e. The van der Waals surface area contributed by atoms with Crippen LogP contribution in [0, 0.1) is 17.3 Å². The van der Waals surface area contributed by atoms with Crippen LogP contribution < -0.4 is 10.6 Å². The standard InChI is InChI=1S/C26H28N2O5/c1-15(23(29)30)13-27-24(31)26-11-16(26)10-17(12-26)28-25(32)33-14-22-20-8-4-2-6-18(20)19-7-3-5-9-21(19)22/h2-9,15-17,22H,10-14H2,1H3,(H,27,31)(H,28,32)(H,29,30)/t15?,16-,17+,26+/m1/s1. The van der Waals surface area contributed by atoms with Gasteiger partial charge in [-0.25, -0.2) is 4.79 Å². The van der Waals surface area contributed by atoms with Crippen LogP contribution >= 0.6 is 0 Å². The van der Waals surface area contributed by atoms with Gasteiger partial charge in [-0.15, -0.1) is 0 Å². The van der Waals surface area contributed by atoms with Crippen LogP contribution in [0.15, 0.2) is 48.5 Å². The molecular formula is C26H28N2O5. The normalized spacial score (nSPS) is 25.4. The van der Waals surface area contributed by atoms with Crippen LogP contribution in [-0.2, 0) is 14.3 Å². The van der Waals surface area contributed by atoms with Gasteiger partial charge in [0, 0.05) is 18.5 Å². The van der Waals surface area contributed by atoms with Gasteiger partial charge in [0.15, 0.2) is 0 Å². The second-order valence-electron chi connectivity index (χ2n) is 9.61. The summed E-state index contributed by atoms with van der Waals surface area (Å²) in [6.07, 6.45) is 1.64. The molecule has 4 atom stereocenters. The number of hydrogen-bond donors (Lipinski definition) is 3. The fraction of sp³-hybridized carbons (Fsp3) is 0.423. The van der Waals surface area contributed by atoms with Crippen LogP contribution in [0.5, 0.6) is 0 Å². The topological polar surface area (TPSA) is 105 Å². The molecule has 2 amide bonds. The van der Waals surface area contributed by atoms with Gasteiger partial charge in [-0.1, -0.05) is 55.5 Å². The van der Waals surface area contributed by atoms with E-state index in [-0.39, 0.29) is 36.9 Å². The van der Waals surface area contributed by atoms with E-state index < -0.39 is 23.4 Å². The number of fused-ring (bicyclic) bond motifs is 4. The van der Waals surface area contributed by atoms with Crippen molar-refractivity contribution in [1.29, 1.82) is 0 Å². The zero-order chi connectivity index (χ0) is 23.2. The maximum Gasteiger partial charge on any atom is 0.407 e. The SMILES string of the molecule is CC(CNC(=O)[C@@]12C[C@@H](NC(=O)OCC3c4ccccc4-c4ccccc43)C[C@@H]1C2)C(=O)O. The van der Waals surface area contributed by atoms with Gasteiger partial charge in [0.1, 0.15) is 6.61 Å². The zero-order valence-corrected chi connectivity index (χ0v) is 18.5. The monoisotopic (exact) mass is 448 g/mol. The molecule has 0 bridgehead atoms. The summed E-state index contributed by atoms with van der Waals surface area (Å²) in [5, 5.41) is 14.7. The van der Waals surface area contributed by atoms with Crippen molar-refractivity contribution in [3.63, 3.8) is 0 Å². The van der Waals surface area contributed by atoms with Crippen molar-refractivity contribution >= 4 is 18.0 Å². The number of alkyl carbamates (subject to hydrolysis) is 1. The Kier molecular flexibility index (Phi) is 5.35. The Morgan fingerprint density at radius 1 is 1.06 bits per heavy atom. The molecule has 0 heterocycles. The molecule has 2 fully saturated rings. The van der Waals surface area contributed by atoms with Crippen LogP contribution in [0.4, 0.5) is 4.79 Å². The molecule has 0 saturated heterocycles. The summed E-state index contributed by atoms with van der Waals surface area (Å²) in [7, 11) is 0. The highest BCUT2D eigenvalue weighted by atomic mass is 16.5. The van der Waals surface area contributed by atoms with Crippen molar-refractivity contribution < 1.29 is 24.2 Å². The van der Waals surface area contributed by atoms with Crippen LogP contribution in [0.3, 0.4) is 0 Å². The first-order valence-corrected chi connectivity index (χ1v) is 11.5. The highest BCUT2D eigenvalue weighted by molar-refractivity contribution is 5.87. The van der Waals surface area contributed by atoms with E-state index in [0.717, 1.165) is 12.8 Å². The highest BCUT2D eigenvalue weighted by Crippen LogP contribution is 2.63. The number of amides is 2. The van der Waals surface area contributed by atoms with Gasteiger partial charge in [0.2, 0.25) is 5.91 Å². The third kappa shape index (κ3) is 3.86. The molecule has 172 valence electrons. The average molecular weight is 449 g/mol. The second kappa shape index (κ2) is 8.21. The summed E-state index contributed by atoms with van der Waals surface area (Å²) in [5.74, 6) is -1.41. The Morgan fingerprint density at radius 2 is 1.70 bits per heavy atom. The summed E-state index contributed by atoms with van der Waals surface area (Å²) in [5.41, 5.74) is 4.23. The Hall–Kier alpha value is -3.35. The molecule has 0 radical (unpaired) electrons. The summed E-state index contributed by atoms with van der Waals surface area (Å²) in [6.45, 7) is 1.95. The number of carboxylic acid groups (broad SMARTS) is 1. The third-order valence-electron chi connectivity index (χ3n) is 7.52. The molecule has 5 rings (SSSR count). The van der Waals surface area contributed by atoms with Crippen molar-refractivity contribution in [2.24, 2.45) is 17.3 Å². The molecule has 2 aromatic rings. The lowest BCUT2D eigenvalue weighted by molar-refractivity contribution is -0.141. The Balaban J connectivity index is 1.15. The predicted molar refractivity (Wildman–Crippen MR) is 122 cm³/mol.